The summed E-state index contributed by atoms with van der Waals surface area (Å²) in [7, 11) is 0.988. The zero-order valence-corrected chi connectivity index (χ0v) is 6.54. The normalized spacial score (nSPS) is 21.1. The van der Waals surface area contributed by atoms with Gasteiger partial charge in [-0.3, -0.25) is 4.79 Å². The summed E-state index contributed by atoms with van der Waals surface area (Å²) in [4.78, 5) is 10.2. The van der Waals surface area contributed by atoms with E-state index < -0.39 is 24.6 Å². The molecule has 0 radical (unpaired) electrons. The predicted molar refractivity (Wildman–Crippen MR) is 37.1 cm³/mol. The highest BCUT2D eigenvalue weighted by molar-refractivity contribution is 5.60. The van der Waals surface area contributed by atoms with Gasteiger partial charge in [-0.2, -0.15) is 0 Å². The summed E-state index contributed by atoms with van der Waals surface area (Å²) in [6.45, 7) is -0.777. The molecule has 0 aliphatic rings. The predicted octanol–water partition coefficient (Wildman–Crippen LogP) is -2.77. The first-order valence-electron chi connectivity index (χ1n) is 3.22. The minimum absolute atomic E-state index is 0.0590. The molecule has 6 nitrogen and oxygen atoms in total. The summed E-state index contributed by atoms with van der Waals surface area (Å²) in [6.07, 6.45) is -3.55. The van der Waals surface area contributed by atoms with Gasteiger partial charge >= 0.3 is 0 Å². The average molecular weight is 180 g/mol. The minimum Gasteiger partial charge on any atom is -0.394 e. The number of hydrogen-bond donors (Lipinski definition) is 4. The van der Waals surface area contributed by atoms with Crippen LogP contribution in [0.3, 0.4) is 0 Å². The van der Waals surface area contributed by atoms with Crippen molar-refractivity contribution in [2.45, 2.75) is 18.0 Å². The third kappa shape index (κ3) is 2.23. The lowest BCUT2D eigenvalue weighted by Gasteiger charge is -2.28. The van der Waals surface area contributed by atoms with Crippen LogP contribution in [0.5, 0.6) is 0 Å². The van der Waals surface area contributed by atoms with Crippen LogP contribution < -0.4 is 0 Å². The van der Waals surface area contributed by atoms with Crippen molar-refractivity contribution >= 4 is 6.29 Å². The Kier molecular flexibility index (Phi) is 4.29. The maximum absolute atomic E-state index is 10.2. The lowest BCUT2D eigenvalue weighted by Crippen LogP contribution is -2.52. The number of aliphatic hydroxyl groups excluding tert-OH is 3. The van der Waals surface area contributed by atoms with Crippen molar-refractivity contribution in [3.63, 3.8) is 0 Å². The molecule has 4 N–H and O–H groups in total. The summed E-state index contributed by atoms with van der Waals surface area (Å²) in [5.41, 5.74) is 0. The monoisotopic (exact) mass is 180 g/mol. The van der Waals surface area contributed by atoms with Crippen molar-refractivity contribution in [1.82, 2.24) is 0 Å². The van der Waals surface area contributed by atoms with Gasteiger partial charge in [0.25, 0.3) is 5.79 Å². The van der Waals surface area contributed by atoms with E-state index in [4.69, 9.17) is 20.4 Å². The topological polar surface area (TPSA) is 107 Å². The Balaban J connectivity index is 4.40. The van der Waals surface area contributed by atoms with Gasteiger partial charge in [0.15, 0.2) is 6.29 Å². The van der Waals surface area contributed by atoms with Crippen molar-refractivity contribution in [3.8, 4) is 0 Å². The molecule has 0 amide bonds. The zero-order valence-electron chi connectivity index (χ0n) is 6.54. The third-order valence-electron chi connectivity index (χ3n) is 1.47. The number of methoxy groups -OCH3 is 1. The Bertz CT molecular complexity index is 149. The van der Waals surface area contributed by atoms with Gasteiger partial charge in [-0.15, -0.1) is 0 Å². The number of carbonyl (C=O) groups is 1. The molecule has 0 bridgehead atoms. The lowest BCUT2D eigenvalue weighted by atomic mass is 10.1. The first kappa shape index (κ1) is 11.5. The van der Waals surface area contributed by atoms with Crippen LogP contribution in [-0.2, 0) is 9.53 Å². The van der Waals surface area contributed by atoms with Gasteiger partial charge in [-0.25, -0.2) is 0 Å². The average Bonchev–Trinajstić information content (AvgIpc) is 2.14. The molecule has 0 spiro atoms. The van der Waals surface area contributed by atoms with E-state index in [0.717, 1.165) is 7.11 Å². The van der Waals surface area contributed by atoms with Crippen molar-refractivity contribution in [2.75, 3.05) is 13.7 Å². The smallest absolute Gasteiger partial charge is 0.252 e. The Labute approximate surface area is 69.0 Å². The van der Waals surface area contributed by atoms with Gasteiger partial charge in [0.2, 0.25) is 0 Å². The van der Waals surface area contributed by atoms with Crippen LogP contribution in [0.15, 0.2) is 0 Å². The van der Waals surface area contributed by atoms with E-state index in [1.807, 2.05) is 0 Å². The van der Waals surface area contributed by atoms with Crippen LogP contribution in [-0.4, -0.2) is 58.4 Å². The van der Waals surface area contributed by atoms with E-state index in [1.54, 1.807) is 0 Å². The van der Waals surface area contributed by atoms with Crippen molar-refractivity contribution in [2.24, 2.45) is 0 Å². The van der Waals surface area contributed by atoms with Crippen LogP contribution in [0, 0.1) is 0 Å². The lowest BCUT2D eigenvalue weighted by molar-refractivity contribution is -0.242. The van der Waals surface area contributed by atoms with Crippen LogP contribution in [0.2, 0.25) is 0 Å². The first-order valence-corrected chi connectivity index (χ1v) is 3.22. The van der Waals surface area contributed by atoms with Crippen LogP contribution in [0.4, 0.5) is 0 Å². The van der Waals surface area contributed by atoms with Gasteiger partial charge < -0.3 is 25.2 Å². The summed E-state index contributed by atoms with van der Waals surface area (Å²) < 4.78 is 4.24. The second-order valence-electron chi connectivity index (χ2n) is 2.27. The van der Waals surface area contributed by atoms with E-state index in [-0.39, 0.29) is 6.29 Å². The van der Waals surface area contributed by atoms with Gasteiger partial charge in [-0.1, -0.05) is 0 Å². The van der Waals surface area contributed by atoms with E-state index in [2.05, 4.69) is 4.74 Å². The number of ether oxygens (including phenoxy) is 1. The zero-order chi connectivity index (χ0) is 9.78. The number of rotatable bonds is 5. The number of carbonyl (C=O) groups excluding carboxylic acids is 1. The molecular weight excluding hydrogens is 168 g/mol. The van der Waals surface area contributed by atoms with Gasteiger partial charge in [0, 0.05) is 7.11 Å². The molecule has 0 unspecified atom stereocenters. The quantitative estimate of drug-likeness (QED) is 0.269. The SMILES string of the molecule is CO[C@](O)(C=O)[C@H](O)[C@H](O)CO. The molecule has 0 heterocycles. The van der Waals surface area contributed by atoms with Crippen LogP contribution in [0.25, 0.3) is 0 Å². The molecular formula is C6H12O6. The molecule has 6 heteroatoms. The maximum Gasteiger partial charge on any atom is 0.252 e. The minimum atomic E-state index is -2.47. The molecule has 0 aliphatic carbocycles. The van der Waals surface area contributed by atoms with Crippen LogP contribution >= 0.6 is 0 Å². The van der Waals surface area contributed by atoms with Gasteiger partial charge in [0.05, 0.1) is 6.61 Å². The van der Waals surface area contributed by atoms with E-state index in [1.165, 1.54) is 0 Å². The molecule has 0 rings (SSSR count). The largest absolute Gasteiger partial charge is 0.394 e. The highest BCUT2D eigenvalue weighted by Crippen LogP contribution is 2.11. The second-order valence-corrected chi connectivity index (χ2v) is 2.27. The standard InChI is InChI=1S/C6H12O6/c1-12-6(11,3-8)5(10)4(9)2-7/h3-5,7,9-11H,2H2,1H3/t4-,5-,6-/m1/s1. The van der Waals surface area contributed by atoms with E-state index >= 15 is 0 Å². The summed E-state index contributed by atoms with van der Waals surface area (Å²) in [6, 6.07) is 0. The molecule has 0 aromatic rings. The number of aliphatic hydroxyl groups is 4. The summed E-state index contributed by atoms with van der Waals surface area (Å²) in [5, 5.41) is 35.3. The third-order valence-corrected chi connectivity index (χ3v) is 1.47. The van der Waals surface area contributed by atoms with E-state index in [0.29, 0.717) is 0 Å². The Hall–Kier alpha value is -0.530. The molecule has 0 saturated carbocycles. The molecule has 0 aromatic carbocycles. The highest BCUT2D eigenvalue weighted by atomic mass is 16.6. The van der Waals surface area contributed by atoms with Crippen molar-refractivity contribution in [1.29, 1.82) is 0 Å². The fourth-order valence-corrected chi connectivity index (χ4v) is 0.614. The Morgan fingerprint density at radius 3 is 2.33 bits per heavy atom. The fraction of sp³-hybridized carbons (Fsp3) is 0.833. The Morgan fingerprint density at radius 2 is 2.08 bits per heavy atom. The summed E-state index contributed by atoms with van der Waals surface area (Å²) >= 11 is 0. The fourth-order valence-electron chi connectivity index (χ4n) is 0.614. The molecule has 72 valence electrons. The maximum atomic E-state index is 10.2. The highest BCUT2D eigenvalue weighted by Gasteiger charge is 2.40. The number of hydrogen-bond acceptors (Lipinski definition) is 6. The molecule has 0 aromatic heterocycles. The van der Waals surface area contributed by atoms with Crippen LogP contribution in [0.1, 0.15) is 0 Å². The van der Waals surface area contributed by atoms with Gasteiger partial charge in [0.1, 0.15) is 12.2 Å². The van der Waals surface area contributed by atoms with Crippen molar-refractivity contribution < 1.29 is 30.0 Å². The Morgan fingerprint density at radius 1 is 1.58 bits per heavy atom. The molecule has 3 atom stereocenters. The molecule has 0 fully saturated rings. The molecule has 0 aliphatic heterocycles. The summed E-state index contributed by atoms with van der Waals surface area (Å²) in [5.74, 6) is -2.47. The number of aldehydes is 1. The molecule has 0 saturated heterocycles. The van der Waals surface area contributed by atoms with Gasteiger partial charge in [-0.05, 0) is 0 Å². The second kappa shape index (κ2) is 4.48. The van der Waals surface area contributed by atoms with Crippen molar-refractivity contribution in [3.05, 3.63) is 0 Å². The van der Waals surface area contributed by atoms with E-state index in [9.17, 15) is 4.79 Å². The first-order chi connectivity index (χ1) is 5.51. The molecule has 12 heavy (non-hydrogen) atoms.